The van der Waals surface area contributed by atoms with Crippen LogP contribution in [0.15, 0.2) is 78.9 Å². The van der Waals surface area contributed by atoms with Crippen LogP contribution in [0.1, 0.15) is 5.56 Å². The second-order valence-electron chi connectivity index (χ2n) is 4.76. The third kappa shape index (κ3) is 3.45. The lowest BCUT2D eigenvalue weighted by molar-refractivity contribution is 0.276. The lowest BCUT2D eigenvalue weighted by Crippen LogP contribution is -1.93. The fourth-order valence-corrected chi connectivity index (χ4v) is 2.08. The van der Waals surface area contributed by atoms with E-state index in [1.165, 1.54) is 0 Å². The van der Waals surface area contributed by atoms with Gasteiger partial charge in [-0.2, -0.15) is 0 Å². The van der Waals surface area contributed by atoms with Gasteiger partial charge in [0.1, 0.15) is 23.0 Å². The molecule has 3 rings (SSSR count). The van der Waals surface area contributed by atoms with Crippen molar-refractivity contribution in [2.24, 2.45) is 0 Å². The predicted molar refractivity (Wildman–Crippen MR) is 85.4 cm³/mol. The molecular weight excluding hydrogens is 276 g/mol. The molecule has 0 aliphatic carbocycles. The molecule has 0 heterocycles. The molecule has 0 saturated carbocycles. The van der Waals surface area contributed by atoms with Crippen LogP contribution < -0.4 is 9.47 Å². The third-order valence-corrected chi connectivity index (χ3v) is 3.15. The Labute approximate surface area is 129 Å². The highest BCUT2D eigenvalue weighted by molar-refractivity contribution is 5.44. The number of ether oxygens (including phenoxy) is 2. The smallest absolute Gasteiger partial charge is 0.133 e. The van der Waals surface area contributed by atoms with Crippen molar-refractivity contribution in [3.05, 3.63) is 84.4 Å². The number of aliphatic hydroxyl groups excluding tert-OH is 1. The molecule has 0 atom stereocenters. The second kappa shape index (κ2) is 6.78. The highest BCUT2D eigenvalue weighted by atomic mass is 16.5. The first kappa shape index (κ1) is 14.2. The van der Waals surface area contributed by atoms with E-state index in [9.17, 15) is 5.11 Å². The summed E-state index contributed by atoms with van der Waals surface area (Å²) < 4.78 is 11.5. The minimum absolute atomic E-state index is 0.117. The van der Waals surface area contributed by atoms with Crippen LogP contribution in [0.5, 0.6) is 23.0 Å². The molecule has 0 saturated heterocycles. The van der Waals surface area contributed by atoms with Crippen molar-refractivity contribution in [3.8, 4) is 23.0 Å². The van der Waals surface area contributed by atoms with Crippen molar-refractivity contribution in [3.63, 3.8) is 0 Å². The van der Waals surface area contributed by atoms with Crippen LogP contribution >= 0.6 is 0 Å². The predicted octanol–water partition coefficient (Wildman–Crippen LogP) is 4.76. The van der Waals surface area contributed by atoms with Crippen LogP contribution in [-0.4, -0.2) is 5.11 Å². The molecule has 0 bridgehead atoms. The number of hydrogen-bond donors (Lipinski definition) is 1. The van der Waals surface area contributed by atoms with E-state index in [-0.39, 0.29) is 6.61 Å². The third-order valence-electron chi connectivity index (χ3n) is 3.15. The molecule has 0 aliphatic heterocycles. The van der Waals surface area contributed by atoms with Gasteiger partial charge in [-0.3, -0.25) is 0 Å². The number of hydrogen-bond acceptors (Lipinski definition) is 3. The molecule has 110 valence electrons. The van der Waals surface area contributed by atoms with Gasteiger partial charge in [-0.05, 0) is 42.5 Å². The summed E-state index contributed by atoms with van der Waals surface area (Å²) >= 11 is 0. The average molecular weight is 292 g/mol. The minimum atomic E-state index is -0.117. The summed E-state index contributed by atoms with van der Waals surface area (Å²) in [7, 11) is 0. The van der Waals surface area contributed by atoms with Gasteiger partial charge in [0.2, 0.25) is 0 Å². The standard InChI is InChI=1S/C19H16O3/c20-14-15-13-18(21-16-7-3-1-4-8-16)11-12-19(15)22-17-9-5-2-6-10-17/h1-13,20H,14H2. The first-order valence-electron chi connectivity index (χ1n) is 7.05. The number of para-hydroxylation sites is 2. The summed E-state index contributed by atoms with van der Waals surface area (Å²) in [6, 6.07) is 24.4. The molecule has 3 aromatic rings. The summed E-state index contributed by atoms with van der Waals surface area (Å²) in [6.45, 7) is -0.117. The first-order valence-corrected chi connectivity index (χ1v) is 7.05. The Morgan fingerprint density at radius 1 is 0.636 bits per heavy atom. The van der Waals surface area contributed by atoms with Gasteiger partial charge in [-0.15, -0.1) is 0 Å². The van der Waals surface area contributed by atoms with Crippen LogP contribution in [0.4, 0.5) is 0 Å². The van der Waals surface area contributed by atoms with Crippen LogP contribution in [0.2, 0.25) is 0 Å². The number of aliphatic hydroxyl groups is 1. The number of rotatable bonds is 5. The van der Waals surface area contributed by atoms with E-state index in [1.807, 2.05) is 66.7 Å². The van der Waals surface area contributed by atoms with Gasteiger partial charge in [0.05, 0.1) is 6.61 Å². The molecule has 0 aliphatic rings. The first-order chi connectivity index (χ1) is 10.8. The zero-order valence-corrected chi connectivity index (χ0v) is 12.0. The van der Waals surface area contributed by atoms with E-state index >= 15 is 0 Å². The van der Waals surface area contributed by atoms with Gasteiger partial charge in [-0.1, -0.05) is 36.4 Å². The maximum Gasteiger partial charge on any atom is 0.133 e. The fraction of sp³-hybridized carbons (Fsp3) is 0.0526. The topological polar surface area (TPSA) is 38.7 Å². The van der Waals surface area contributed by atoms with Gasteiger partial charge >= 0.3 is 0 Å². The molecule has 0 fully saturated rings. The summed E-state index contributed by atoms with van der Waals surface area (Å²) in [4.78, 5) is 0. The molecule has 0 unspecified atom stereocenters. The summed E-state index contributed by atoms with van der Waals surface area (Å²) in [6.07, 6.45) is 0. The zero-order chi connectivity index (χ0) is 15.2. The monoisotopic (exact) mass is 292 g/mol. The van der Waals surface area contributed by atoms with Gasteiger partial charge in [0, 0.05) is 5.56 Å². The molecule has 0 radical (unpaired) electrons. The van der Waals surface area contributed by atoms with Gasteiger partial charge < -0.3 is 14.6 Å². The molecule has 0 spiro atoms. The van der Waals surface area contributed by atoms with Crippen molar-refractivity contribution in [1.82, 2.24) is 0 Å². The van der Waals surface area contributed by atoms with Crippen LogP contribution in [0.25, 0.3) is 0 Å². The van der Waals surface area contributed by atoms with E-state index in [0.717, 1.165) is 11.5 Å². The molecule has 3 aromatic carbocycles. The maximum absolute atomic E-state index is 9.55. The Hall–Kier alpha value is -2.78. The van der Waals surface area contributed by atoms with Crippen LogP contribution in [-0.2, 0) is 6.61 Å². The second-order valence-corrected chi connectivity index (χ2v) is 4.76. The van der Waals surface area contributed by atoms with Crippen molar-refractivity contribution in [2.45, 2.75) is 6.61 Å². The van der Waals surface area contributed by atoms with Crippen molar-refractivity contribution in [2.75, 3.05) is 0 Å². The quantitative estimate of drug-likeness (QED) is 0.736. The number of benzene rings is 3. The summed E-state index contributed by atoms with van der Waals surface area (Å²) in [5, 5.41) is 9.55. The van der Waals surface area contributed by atoms with Crippen LogP contribution in [0.3, 0.4) is 0 Å². The van der Waals surface area contributed by atoms with Gasteiger partial charge in [0.15, 0.2) is 0 Å². The maximum atomic E-state index is 9.55. The minimum Gasteiger partial charge on any atom is -0.457 e. The molecule has 1 N–H and O–H groups in total. The Bertz CT molecular complexity index is 724. The van der Waals surface area contributed by atoms with Crippen molar-refractivity contribution >= 4 is 0 Å². The highest BCUT2D eigenvalue weighted by Crippen LogP contribution is 2.30. The molecule has 0 aromatic heterocycles. The summed E-state index contributed by atoms with van der Waals surface area (Å²) in [5.74, 6) is 2.77. The lowest BCUT2D eigenvalue weighted by atomic mass is 10.2. The Morgan fingerprint density at radius 2 is 1.23 bits per heavy atom. The fourth-order valence-electron chi connectivity index (χ4n) is 2.08. The van der Waals surface area contributed by atoms with E-state index in [0.29, 0.717) is 17.1 Å². The van der Waals surface area contributed by atoms with Crippen molar-refractivity contribution < 1.29 is 14.6 Å². The largest absolute Gasteiger partial charge is 0.457 e. The van der Waals surface area contributed by atoms with E-state index < -0.39 is 0 Å². The summed E-state index contributed by atoms with van der Waals surface area (Å²) in [5.41, 5.74) is 0.678. The normalized spacial score (nSPS) is 10.2. The molecular formula is C19H16O3. The van der Waals surface area contributed by atoms with Gasteiger partial charge in [-0.25, -0.2) is 0 Å². The van der Waals surface area contributed by atoms with Gasteiger partial charge in [0.25, 0.3) is 0 Å². The zero-order valence-electron chi connectivity index (χ0n) is 12.0. The van der Waals surface area contributed by atoms with E-state index in [4.69, 9.17) is 9.47 Å². The van der Waals surface area contributed by atoms with E-state index in [2.05, 4.69) is 0 Å². The Balaban J connectivity index is 1.81. The molecule has 3 nitrogen and oxygen atoms in total. The van der Waals surface area contributed by atoms with E-state index in [1.54, 1.807) is 12.1 Å². The Kier molecular flexibility index (Phi) is 4.37. The highest BCUT2D eigenvalue weighted by Gasteiger charge is 2.07. The Morgan fingerprint density at radius 3 is 1.82 bits per heavy atom. The van der Waals surface area contributed by atoms with Crippen molar-refractivity contribution in [1.29, 1.82) is 0 Å². The van der Waals surface area contributed by atoms with Crippen LogP contribution in [0, 0.1) is 0 Å². The SMILES string of the molecule is OCc1cc(Oc2ccccc2)ccc1Oc1ccccc1. The molecule has 3 heteroatoms. The molecule has 22 heavy (non-hydrogen) atoms. The molecule has 0 amide bonds. The average Bonchev–Trinajstić information content (AvgIpc) is 2.58. The lowest BCUT2D eigenvalue weighted by Gasteiger charge is -2.12.